The number of rotatable bonds is 6. The largest absolute Gasteiger partial charge is 0.356 e. The van der Waals surface area contributed by atoms with Gasteiger partial charge in [0.15, 0.2) is 5.96 Å². The maximum Gasteiger partial charge on any atom is 0.239 e. The van der Waals surface area contributed by atoms with Crippen molar-refractivity contribution in [1.29, 1.82) is 0 Å². The van der Waals surface area contributed by atoms with Gasteiger partial charge in [-0.15, -0.1) is 0 Å². The molecule has 2 aromatic rings. The van der Waals surface area contributed by atoms with Crippen molar-refractivity contribution in [3.8, 4) is 0 Å². The molecule has 2 aliphatic rings. The molecule has 8 nitrogen and oxygen atoms in total. The second-order valence-corrected chi connectivity index (χ2v) is 8.51. The summed E-state index contributed by atoms with van der Waals surface area (Å²) in [5.74, 6) is 2.27. The first-order valence-electron chi connectivity index (χ1n) is 11.6. The Morgan fingerprint density at radius 2 is 1.87 bits per heavy atom. The van der Waals surface area contributed by atoms with E-state index in [1.807, 2.05) is 30.1 Å². The lowest BCUT2D eigenvalue weighted by molar-refractivity contribution is -0.135. The number of piperazine rings is 1. The van der Waals surface area contributed by atoms with Gasteiger partial charge in [0.2, 0.25) is 5.91 Å². The summed E-state index contributed by atoms with van der Waals surface area (Å²) in [6.45, 7) is 8.32. The number of imidazole rings is 1. The Bertz CT molecular complexity index is 861. The van der Waals surface area contributed by atoms with Crippen molar-refractivity contribution in [2.75, 3.05) is 52.9 Å². The minimum atomic E-state index is -0.0287. The standard InChI is InChI=1S/C23H35N7O/c1-18(22(31)29-12-5-6-13-29)28-14-16-30(17-15-28)23(24-2)25-11-7-10-21-26-19-8-3-4-9-20(19)27-21/h3-4,8-9,18H,5-7,10-17H2,1-2H3,(H,24,25)(H,26,27). The van der Waals surface area contributed by atoms with Crippen LogP contribution in [0.1, 0.15) is 32.0 Å². The van der Waals surface area contributed by atoms with Gasteiger partial charge in [0.25, 0.3) is 0 Å². The van der Waals surface area contributed by atoms with Crippen LogP contribution in [0.15, 0.2) is 29.3 Å². The Morgan fingerprint density at radius 1 is 1.13 bits per heavy atom. The van der Waals surface area contributed by atoms with Gasteiger partial charge in [-0.1, -0.05) is 12.1 Å². The molecule has 2 aliphatic heterocycles. The van der Waals surface area contributed by atoms with Gasteiger partial charge in [-0.05, 0) is 38.3 Å². The molecule has 0 radical (unpaired) electrons. The van der Waals surface area contributed by atoms with Crippen molar-refractivity contribution in [3.63, 3.8) is 0 Å². The number of hydrogen-bond acceptors (Lipinski definition) is 4. The molecule has 3 heterocycles. The summed E-state index contributed by atoms with van der Waals surface area (Å²) in [4.78, 5) is 31.8. The predicted octanol–water partition coefficient (Wildman–Crippen LogP) is 1.70. The van der Waals surface area contributed by atoms with Crippen molar-refractivity contribution < 1.29 is 4.79 Å². The summed E-state index contributed by atoms with van der Waals surface area (Å²) in [6, 6.07) is 8.11. The van der Waals surface area contributed by atoms with E-state index in [9.17, 15) is 4.79 Å². The maximum absolute atomic E-state index is 12.7. The van der Waals surface area contributed by atoms with Crippen molar-refractivity contribution in [2.45, 2.75) is 38.6 Å². The van der Waals surface area contributed by atoms with E-state index in [2.05, 4.69) is 43.1 Å². The summed E-state index contributed by atoms with van der Waals surface area (Å²) in [7, 11) is 1.84. The number of nitrogens with one attached hydrogen (secondary N) is 2. The predicted molar refractivity (Wildman–Crippen MR) is 124 cm³/mol. The number of carbonyl (C=O) groups excluding carboxylic acids is 1. The first kappa shape index (κ1) is 21.6. The average molecular weight is 426 g/mol. The molecule has 1 atom stereocenters. The van der Waals surface area contributed by atoms with Crippen LogP contribution in [-0.4, -0.2) is 95.4 Å². The molecule has 2 N–H and O–H groups in total. The summed E-state index contributed by atoms with van der Waals surface area (Å²) < 4.78 is 0. The van der Waals surface area contributed by atoms with Gasteiger partial charge in [-0.25, -0.2) is 4.98 Å². The number of aryl methyl sites for hydroxylation is 1. The molecule has 168 valence electrons. The highest BCUT2D eigenvalue weighted by Crippen LogP contribution is 2.14. The number of aromatic amines is 1. The highest BCUT2D eigenvalue weighted by atomic mass is 16.2. The van der Waals surface area contributed by atoms with Gasteiger partial charge in [-0.3, -0.25) is 14.7 Å². The molecule has 0 spiro atoms. The van der Waals surface area contributed by atoms with Gasteiger partial charge in [0.1, 0.15) is 5.82 Å². The van der Waals surface area contributed by atoms with Gasteiger partial charge in [-0.2, -0.15) is 0 Å². The van der Waals surface area contributed by atoms with Crippen LogP contribution in [0.4, 0.5) is 0 Å². The first-order valence-corrected chi connectivity index (χ1v) is 11.6. The Hall–Kier alpha value is -2.61. The third-order valence-corrected chi connectivity index (χ3v) is 6.46. The second kappa shape index (κ2) is 10.1. The molecule has 2 fully saturated rings. The van der Waals surface area contributed by atoms with Gasteiger partial charge in [0.05, 0.1) is 17.1 Å². The number of likely N-dealkylation sites (tertiary alicyclic amines) is 1. The third-order valence-electron chi connectivity index (χ3n) is 6.46. The fourth-order valence-electron chi connectivity index (χ4n) is 4.59. The molecule has 8 heteroatoms. The Labute approximate surface area is 184 Å². The molecule has 0 saturated carbocycles. The topological polar surface area (TPSA) is 79.9 Å². The van der Waals surface area contributed by atoms with E-state index >= 15 is 0 Å². The van der Waals surface area contributed by atoms with E-state index in [1.54, 1.807) is 0 Å². The van der Waals surface area contributed by atoms with Crippen molar-refractivity contribution >= 4 is 22.9 Å². The smallest absolute Gasteiger partial charge is 0.239 e. The van der Waals surface area contributed by atoms with E-state index in [1.165, 1.54) is 0 Å². The van der Waals surface area contributed by atoms with Crippen molar-refractivity contribution in [1.82, 2.24) is 30.0 Å². The molecule has 2 saturated heterocycles. The van der Waals surface area contributed by atoms with Gasteiger partial charge >= 0.3 is 0 Å². The highest BCUT2D eigenvalue weighted by molar-refractivity contribution is 5.82. The zero-order valence-electron chi connectivity index (χ0n) is 18.8. The molecular formula is C23H35N7O. The molecule has 4 rings (SSSR count). The monoisotopic (exact) mass is 425 g/mol. The van der Waals surface area contributed by atoms with Crippen LogP contribution in [-0.2, 0) is 11.2 Å². The van der Waals surface area contributed by atoms with E-state index in [0.29, 0.717) is 5.91 Å². The number of guanidine groups is 1. The number of benzene rings is 1. The molecule has 1 aromatic heterocycles. The maximum atomic E-state index is 12.7. The van der Waals surface area contributed by atoms with Gasteiger partial charge in [0, 0.05) is 59.3 Å². The lowest BCUT2D eigenvalue weighted by Crippen LogP contribution is -2.57. The summed E-state index contributed by atoms with van der Waals surface area (Å²) in [6.07, 6.45) is 4.18. The van der Waals surface area contributed by atoms with Crippen LogP contribution in [0.2, 0.25) is 0 Å². The molecule has 1 amide bonds. The van der Waals surface area contributed by atoms with Crippen LogP contribution in [0.3, 0.4) is 0 Å². The van der Waals surface area contributed by atoms with Crippen molar-refractivity contribution in [2.24, 2.45) is 4.99 Å². The first-order chi connectivity index (χ1) is 15.2. The minimum Gasteiger partial charge on any atom is -0.356 e. The number of aromatic nitrogens is 2. The molecule has 0 aliphatic carbocycles. The van der Waals surface area contributed by atoms with Gasteiger partial charge < -0.3 is 20.1 Å². The minimum absolute atomic E-state index is 0.0287. The number of amides is 1. The Kier molecular flexibility index (Phi) is 7.06. The van der Waals surface area contributed by atoms with E-state index in [4.69, 9.17) is 0 Å². The van der Waals surface area contributed by atoms with Crippen LogP contribution in [0, 0.1) is 0 Å². The highest BCUT2D eigenvalue weighted by Gasteiger charge is 2.30. The number of para-hydroxylation sites is 2. The number of fused-ring (bicyclic) bond motifs is 1. The summed E-state index contributed by atoms with van der Waals surface area (Å²) in [5.41, 5.74) is 2.12. The van der Waals surface area contributed by atoms with Crippen molar-refractivity contribution in [3.05, 3.63) is 30.1 Å². The van der Waals surface area contributed by atoms with E-state index in [0.717, 1.165) is 94.3 Å². The fourth-order valence-corrected chi connectivity index (χ4v) is 4.59. The zero-order chi connectivity index (χ0) is 21.6. The normalized spacial score (nSPS) is 19.2. The lowest BCUT2D eigenvalue weighted by Gasteiger charge is -2.39. The van der Waals surface area contributed by atoms with Crippen LogP contribution in [0.5, 0.6) is 0 Å². The molecule has 1 aromatic carbocycles. The summed E-state index contributed by atoms with van der Waals surface area (Å²) in [5, 5.41) is 3.50. The number of hydrogen-bond donors (Lipinski definition) is 2. The number of nitrogens with zero attached hydrogens (tertiary/aromatic N) is 5. The summed E-state index contributed by atoms with van der Waals surface area (Å²) >= 11 is 0. The molecule has 1 unspecified atom stereocenters. The Balaban J connectivity index is 1.19. The SMILES string of the molecule is CN=C(NCCCc1nc2ccccc2[nH]1)N1CCN(C(C)C(=O)N2CCCC2)CC1. The zero-order valence-corrected chi connectivity index (χ0v) is 18.8. The molecule has 0 bridgehead atoms. The van der Waals surface area contributed by atoms with E-state index < -0.39 is 0 Å². The number of carbonyl (C=O) groups is 1. The van der Waals surface area contributed by atoms with Crippen LogP contribution < -0.4 is 5.32 Å². The Morgan fingerprint density at radius 3 is 2.58 bits per heavy atom. The fraction of sp³-hybridized carbons (Fsp3) is 0.609. The third kappa shape index (κ3) is 5.18. The quantitative estimate of drug-likeness (QED) is 0.418. The van der Waals surface area contributed by atoms with Crippen LogP contribution >= 0.6 is 0 Å². The lowest BCUT2D eigenvalue weighted by atomic mass is 10.2. The van der Waals surface area contributed by atoms with E-state index in [-0.39, 0.29) is 6.04 Å². The average Bonchev–Trinajstić information content (AvgIpc) is 3.48. The van der Waals surface area contributed by atoms with Crippen LogP contribution in [0.25, 0.3) is 11.0 Å². The number of aliphatic imine (C=N–C) groups is 1. The second-order valence-electron chi connectivity index (χ2n) is 8.51. The molecular weight excluding hydrogens is 390 g/mol. The number of H-pyrrole nitrogens is 1. The molecule has 31 heavy (non-hydrogen) atoms.